The van der Waals surface area contributed by atoms with Gasteiger partial charge < -0.3 is 15.2 Å². The van der Waals surface area contributed by atoms with E-state index < -0.39 is 5.97 Å². The van der Waals surface area contributed by atoms with Crippen LogP contribution in [0.1, 0.15) is 40.0 Å². The molecule has 3 rings (SSSR count). The number of hydrogen-bond donors (Lipinski definition) is 2. The number of fused-ring (bicyclic) bond motifs is 1. The van der Waals surface area contributed by atoms with Gasteiger partial charge in [0.1, 0.15) is 0 Å². The third-order valence-corrected chi connectivity index (χ3v) is 3.71. The van der Waals surface area contributed by atoms with Crippen molar-refractivity contribution in [1.29, 1.82) is 0 Å². The number of carbonyl (C=O) groups is 2. The van der Waals surface area contributed by atoms with Crippen molar-refractivity contribution in [2.45, 2.75) is 31.4 Å². The predicted molar refractivity (Wildman–Crippen MR) is 68.7 cm³/mol. The van der Waals surface area contributed by atoms with Crippen LogP contribution in [0.4, 0.5) is 5.69 Å². The Balaban J connectivity index is 1.85. The molecule has 5 heteroatoms. The second kappa shape index (κ2) is 4.66. The highest BCUT2D eigenvalue weighted by Crippen LogP contribution is 2.32. The summed E-state index contributed by atoms with van der Waals surface area (Å²) in [5, 5.41) is 12.2. The van der Waals surface area contributed by atoms with E-state index in [2.05, 4.69) is 5.32 Å². The Kier molecular flexibility index (Phi) is 2.98. The summed E-state index contributed by atoms with van der Waals surface area (Å²) in [6.07, 6.45) is 2.70. The van der Waals surface area contributed by atoms with E-state index in [0.717, 1.165) is 19.4 Å². The van der Waals surface area contributed by atoms with Gasteiger partial charge in [0.15, 0.2) is 5.78 Å². The molecule has 2 atom stereocenters. The van der Waals surface area contributed by atoms with Crippen LogP contribution in [-0.2, 0) is 4.74 Å². The van der Waals surface area contributed by atoms with Gasteiger partial charge in [0.05, 0.1) is 23.3 Å². The van der Waals surface area contributed by atoms with E-state index in [1.54, 1.807) is 12.1 Å². The van der Waals surface area contributed by atoms with Crippen LogP contribution in [0.25, 0.3) is 0 Å². The number of hydrogen-bond acceptors (Lipinski definition) is 4. The topological polar surface area (TPSA) is 75.6 Å². The molecule has 100 valence electrons. The summed E-state index contributed by atoms with van der Waals surface area (Å²) in [5.41, 5.74) is 0.996. The van der Waals surface area contributed by atoms with E-state index in [1.165, 1.54) is 6.07 Å². The summed E-state index contributed by atoms with van der Waals surface area (Å²) < 4.78 is 5.53. The lowest BCUT2D eigenvalue weighted by Crippen LogP contribution is -2.28. The van der Waals surface area contributed by atoms with Crippen LogP contribution in [0.3, 0.4) is 0 Å². The van der Waals surface area contributed by atoms with Crippen LogP contribution in [0.5, 0.6) is 0 Å². The minimum Gasteiger partial charge on any atom is -0.478 e. The molecule has 0 radical (unpaired) electrons. The van der Waals surface area contributed by atoms with Crippen molar-refractivity contribution in [3.63, 3.8) is 0 Å². The van der Waals surface area contributed by atoms with Crippen molar-refractivity contribution in [3.8, 4) is 0 Å². The van der Waals surface area contributed by atoms with Crippen molar-refractivity contribution in [1.82, 2.24) is 0 Å². The highest BCUT2D eigenvalue weighted by atomic mass is 16.5. The molecule has 2 heterocycles. The maximum atomic E-state index is 12.3. The van der Waals surface area contributed by atoms with Crippen molar-refractivity contribution < 1.29 is 19.4 Å². The first kappa shape index (κ1) is 12.2. The van der Waals surface area contributed by atoms with Gasteiger partial charge in [-0.2, -0.15) is 0 Å². The van der Waals surface area contributed by atoms with Gasteiger partial charge in [-0.3, -0.25) is 4.79 Å². The van der Waals surface area contributed by atoms with Crippen molar-refractivity contribution in [2.75, 3.05) is 11.9 Å². The molecule has 0 aromatic heterocycles. The number of carbonyl (C=O) groups excluding carboxylic acids is 1. The Labute approximate surface area is 110 Å². The summed E-state index contributed by atoms with van der Waals surface area (Å²) in [6, 6.07) is 4.50. The number of benzene rings is 1. The summed E-state index contributed by atoms with van der Waals surface area (Å²) in [4.78, 5) is 23.5. The first-order chi connectivity index (χ1) is 9.16. The second-order valence-electron chi connectivity index (χ2n) is 4.97. The van der Waals surface area contributed by atoms with Crippen molar-refractivity contribution in [2.24, 2.45) is 0 Å². The lowest BCUT2D eigenvalue weighted by Gasteiger charge is -2.14. The van der Waals surface area contributed by atoms with Crippen LogP contribution < -0.4 is 5.32 Å². The number of anilines is 1. The molecule has 1 aromatic carbocycles. The first-order valence-corrected chi connectivity index (χ1v) is 6.45. The molecule has 0 aliphatic carbocycles. The van der Waals surface area contributed by atoms with Gasteiger partial charge >= 0.3 is 5.97 Å². The lowest BCUT2D eigenvalue weighted by molar-refractivity contribution is 0.0691. The molecule has 2 N–H and O–H groups in total. The molecule has 1 aromatic rings. The number of Topliss-reactive ketones (excluding diaryl/α,β-unsaturated/α-hetero) is 1. The molecule has 1 saturated heterocycles. The minimum atomic E-state index is -1.07. The Morgan fingerprint density at radius 1 is 1.47 bits per heavy atom. The average molecular weight is 261 g/mol. The average Bonchev–Trinajstić information content (AvgIpc) is 2.99. The molecule has 0 saturated carbocycles. The van der Waals surface area contributed by atoms with E-state index in [1.807, 2.05) is 0 Å². The zero-order valence-electron chi connectivity index (χ0n) is 10.4. The first-order valence-electron chi connectivity index (χ1n) is 6.45. The smallest absolute Gasteiger partial charge is 0.336 e. The maximum Gasteiger partial charge on any atom is 0.336 e. The van der Waals surface area contributed by atoms with Crippen LogP contribution in [-0.4, -0.2) is 35.6 Å². The zero-order valence-corrected chi connectivity index (χ0v) is 10.4. The summed E-state index contributed by atoms with van der Waals surface area (Å²) in [7, 11) is 0. The highest BCUT2D eigenvalue weighted by Gasteiger charge is 2.35. The van der Waals surface area contributed by atoms with Crippen LogP contribution in [0.2, 0.25) is 0 Å². The Morgan fingerprint density at radius 3 is 3.00 bits per heavy atom. The fourth-order valence-electron chi connectivity index (χ4n) is 2.80. The molecule has 0 amide bonds. The van der Waals surface area contributed by atoms with E-state index in [9.17, 15) is 9.59 Å². The van der Waals surface area contributed by atoms with Gasteiger partial charge in [0.2, 0.25) is 0 Å². The van der Waals surface area contributed by atoms with Gasteiger partial charge in [-0.15, -0.1) is 0 Å². The fraction of sp³-hybridized carbons (Fsp3) is 0.429. The third-order valence-electron chi connectivity index (χ3n) is 3.71. The molecule has 2 aliphatic heterocycles. The monoisotopic (exact) mass is 261 g/mol. The Morgan fingerprint density at radius 2 is 2.32 bits per heavy atom. The molecule has 19 heavy (non-hydrogen) atoms. The number of aromatic carboxylic acids is 1. The predicted octanol–water partition coefficient (Wildman–Crippen LogP) is 1.93. The van der Waals surface area contributed by atoms with E-state index in [-0.39, 0.29) is 23.5 Å². The summed E-state index contributed by atoms with van der Waals surface area (Å²) in [5.74, 6) is -1.20. The number of ether oxygens (including phenoxy) is 1. The standard InChI is InChI=1S/C14H15NO4/c16-13-11(7-8-3-2-6-19-8)15-10-5-1-4-9(12(10)13)14(17)18/h1,4-5,8,11,15H,2-3,6-7H2,(H,17,18)/t8-,11+/m0/s1. The molecule has 0 bridgehead atoms. The van der Waals surface area contributed by atoms with E-state index in [0.29, 0.717) is 17.7 Å². The highest BCUT2D eigenvalue weighted by molar-refractivity contribution is 6.16. The molecule has 0 unspecified atom stereocenters. The van der Waals surface area contributed by atoms with Crippen molar-refractivity contribution in [3.05, 3.63) is 29.3 Å². The number of ketones is 1. The number of rotatable bonds is 3. The second-order valence-corrected chi connectivity index (χ2v) is 4.97. The minimum absolute atomic E-state index is 0.0739. The van der Waals surface area contributed by atoms with E-state index in [4.69, 9.17) is 9.84 Å². The van der Waals surface area contributed by atoms with Crippen molar-refractivity contribution >= 4 is 17.4 Å². The van der Waals surface area contributed by atoms with Gasteiger partial charge in [0.25, 0.3) is 0 Å². The molecule has 2 aliphatic rings. The van der Waals surface area contributed by atoms with Gasteiger partial charge in [-0.05, 0) is 25.0 Å². The number of carboxylic acid groups (broad SMARTS) is 1. The van der Waals surface area contributed by atoms with Crippen LogP contribution in [0, 0.1) is 0 Å². The normalized spacial score (nSPS) is 25.2. The van der Waals surface area contributed by atoms with E-state index >= 15 is 0 Å². The Bertz CT molecular complexity index is 534. The largest absolute Gasteiger partial charge is 0.478 e. The van der Waals surface area contributed by atoms with Crippen LogP contribution >= 0.6 is 0 Å². The van der Waals surface area contributed by atoms with Gasteiger partial charge in [-0.25, -0.2) is 4.79 Å². The molecule has 0 spiro atoms. The SMILES string of the molecule is O=C(O)c1cccc2c1C(=O)[C@@H](C[C@@H]1CCCO1)N2. The molecular formula is C14H15NO4. The molecule has 1 fully saturated rings. The lowest BCUT2D eigenvalue weighted by atomic mass is 9.98. The fourth-order valence-corrected chi connectivity index (χ4v) is 2.80. The van der Waals surface area contributed by atoms with Gasteiger partial charge in [0, 0.05) is 18.7 Å². The summed E-state index contributed by atoms with van der Waals surface area (Å²) in [6.45, 7) is 0.749. The summed E-state index contributed by atoms with van der Waals surface area (Å²) >= 11 is 0. The third kappa shape index (κ3) is 2.10. The zero-order chi connectivity index (χ0) is 13.4. The quantitative estimate of drug-likeness (QED) is 0.869. The molecular weight excluding hydrogens is 246 g/mol. The molecule has 5 nitrogen and oxygen atoms in total. The van der Waals surface area contributed by atoms with Crippen LogP contribution in [0.15, 0.2) is 18.2 Å². The maximum absolute atomic E-state index is 12.3. The Hall–Kier alpha value is -1.88. The van der Waals surface area contributed by atoms with Gasteiger partial charge in [-0.1, -0.05) is 6.07 Å². The number of carboxylic acids is 1. The number of nitrogens with one attached hydrogen (secondary N) is 1.